The lowest BCUT2D eigenvalue weighted by Gasteiger charge is -2.37. The summed E-state index contributed by atoms with van der Waals surface area (Å²) in [4.78, 5) is 2.39. The number of ether oxygens (including phenoxy) is 1. The van der Waals surface area contributed by atoms with Crippen LogP contribution in [0.2, 0.25) is 0 Å². The summed E-state index contributed by atoms with van der Waals surface area (Å²) in [6.45, 7) is 0. The smallest absolute Gasteiger partial charge is 0.222 e. The summed E-state index contributed by atoms with van der Waals surface area (Å²) >= 11 is 10.6. The van der Waals surface area contributed by atoms with Gasteiger partial charge in [-0.25, -0.2) is 5.01 Å². The van der Waals surface area contributed by atoms with Gasteiger partial charge in [0.15, 0.2) is 0 Å². The zero-order valence-corrected chi connectivity index (χ0v) is 17.7. The van der Waals surface area contributed by atoms with E-state index in [-0.39, 0.29) is 12.3 Å². The Morgan fingerprint density at radius 1 is 1.16 bits per heavy atom. The molecule has 126 valence electrons. The van der Waals surface area contributed by atoms with Crippen molar-refractivity contribution >= 4 is 60.2 Å². The van der Waals surface area contributed by atoms with Crippen molar-refractivity contribution in [3.8, 4) is 5.75 Å². The fourth-order valence-electron chi connectivity index (χ4n) is 3.30. The van der Waals surface area contributed by atoms with E-state index in [9.17, 15) is 0 Å². The van der Waals surface area contributed by atoms with E-state index in [1.165, 1.54) is 15.3 Å². The topological polar surface area (TPSA) is 24.8 Å². The van der Waals surface area contributed by atoms with E-state index >= 15 is 0 Å². The van der Waals surface area contributed by atoms with Crippen LogP contribution in [0.3, 0.4) is 0 Å². The van der Waals surface area contributed by atoms with Crippen LogP contribution in [0, 0.1) is 0 Å². The number of benzene rings is 1. The Hall–Kier alpha value is -1.15. The second kappa shape index (κ2) is 6.23. The van der Waals surface area contributed by atoms with E-state index in [2.05, 4.69) is 78.6 Å². The number of fused-ring (bicyclic) bond motifs is 3. The number of thiophene rings is 2. The second-order valence-corrected chi connectivity index (χ2v) is 10.3. The lowest BCUT2D eigenvalue weighted by molar-refractivity contribution is -0.0166. The molecule has 0 fully saturated rings. The molecule has 0 unspecified atom stereocenters. The van der Waals surface area contributed by atoms with Crippen molar-refractivity contribution in [1.29, 1.82) is 0 Å². The number of hydrazone groups is 1. The van der Waals surface area contributed by atoms with Crippen molar-refractivity contribution in [3.63, 3.8) is 0 Å². The number of halogens is 2. The van der Waals surface area contributed by atoms with Crippen LogP contribution in [0.1, 0.15) is 34.0 Å². The van der Waals surface area contributed by atoms with Crippen LogP contribution in [0.15, 0.2) is 61.2 Å². The van der Waals surface area contributed by atoms with Gasteiger partial charge in [0.1, 0.15) is 5.75 Å². The molecular weight excluding hydrogens is 484 g/mol. The predicted molar refractivity (Wildman–Crippen MR) is 110 cm³/mol. The molecular formula is C18H12Br2N2OS2. The van der Waals surface area contributed by atoms with Crippen molar-refractivity contribution in [1.82, 2.24) is 5.01 Å². The average Bonchev–Trinajstić information content (AvgIpc) is 3.34. The van der Waals surface area contributed by atoms with Gasteiger partial charge in [-0.3, -0.25) is 0 Å². The summed E-state index contributed by atoms with van der Waals surface area (Å²) < 4.78 is 8.53. The normalized spacial score (nSPS) is 21.5. The molecule has 2 aliphatic heterocycles. The van der Waals surface area contributed by atoms with E-state index in [0.29, 0.717) is 0 Å². The van der Waals surface area contributed by atoms with Crippen LogP contribution in [0.5, 0.6) is 5.75 Å². The average molecular weight is 496 g/mol. The lowest BCUT2D eigenvalue weighted by Crippen LogP contribution is -2.33. The van der Waals surface area contributed by atoms with Crippen molar-refractivity contribution < 1.29 is 4.74 Å². The quantitative estimate of drug-likeness (QED) is 0.401. The molecule has 0 bridgehead atoms. The van der Waals surface area contributed by atoms with Gasteiger partial charge in [-0.15, -0.1) is 22.7 Å². The molecule has 2 atom stereocenters. The fraction of sp³-hybridized carbons (Fsp3) is 0.167. The van der Waals surface area contributed by atoms with Gasteiger partial charge in [-0.2, -0.15) is 5.10 Å². The molecule has 2 aliphatic rings. The predicted octanol–water partition coefficient (Wildman–Crippen LogP) is 6.58. The summed E-state index contributed by atoms with van der Waals surface area (Å²) in [5, 5.41) is 9.18. The Morgan fingerprint density at radius 3 is 2.84 bits per heavy atom. The van der Waals surface area contributed by atoms with Gasteiger partial charge in [0.2, 0.25) is 6.23 Å². The minimum absolute atomic E-state index is 0.167. The van der Waals surface area contributed by atoms with Gasteiger partial charge in [0.25, 0.3) is 0 Å². The molecule has 0 aliphatic carbocycles. The maximum atomic E-state index is 6.34. The standard InChI is InChI=1S/C18H12Br2N2OS2/c19-10-3-4-14-11(8-10)13-9-12(15-5-6-17(20)25-15)21-22(13)18(23-14)16-2-1-7-24-16/h1-8,13,18H,9H2/t13-,18+/m1/s1. The van der Waals surface area contributed by atoms with Crippen molar-refractivity contribution in [3.05, 3.63) is 71.4 Å². The Morgan fingerprint density at radius 2 is 2.08 bits per heavy atom. The molecule has 25 heavy (non-hydrogen) atoms. The first kappa shape index (κ1) is 16.1. The van der Waals surface area contributed by atoms with Gasteiger partial charge in [0, 0.05) is 16.5 Å². The largest absolute Gasteiger partial charge is 0.464 e. The summed E-state index contributed by atoms with van der Waals surface area (Å²) in [5.41, 5.74) is 2.32. The molecule has 0 radical (unpaired) electrons. The van der Waals surface area contributed by atoms with Gasteiger partial charge < -0.3 is 4.74 Å². The highest BCUT2D eigenvalue weighted by atomic mass is 79.9. The molecule has 3 aromatic rings. The van der Waals surface area contributed by atoms with Crippen molar-refractivity contribution in [2.24, 2.45) is 5.10 Å². The van der Waals surface area contributed by atoms with E-state index in [0.717, 1.165) is 26.1 Å². The molecule has 1 aromatic carbocycles. The van der Waals surface area contributed by atoms with Gasteiger partial charge in [-0.05, 0) is 57.7 Å². The van der Waals surface area contributed by atoms with Gasteiger partial charge in [0.05, 0.1) is 25.3 Å². The molecule has 0 amide bonds. The molecule has 0 N–H and O–H groups in total. The van der Waals surface area contributed by atoms with Gasteiger partial charge >= 0.3 is 0 Å². The monoisotopic (exact) mass is 494 g/mol. The van der Waals surface area contributed by atoms with Gasteiger partial charge in [-0.1, -0.05) is 22.0 Å². The van der Waals surface area contributed by atoms with E-state index < -0.39 is 0 Å². The minimum Gasteiger partial charge on any atom is -0.464 e. The van der Waals surface area contributed by atoms with Crippen LogP contribution >= 0.6 is 54.5 Å². The lowest BCUT2D eigenvalue weighted by atomic mass is 9.98. The molecule has 0 spiro atoms. The van der Waals surface area contributed by atoms with Crippen molar-refractivity contribution in [2.45, 2.75) is 18.7 Å². The third-order valence-corrected chi connectivity index (χ3v) is 7.47. The maximum absolute atomic E-state index is 6.34. The first-order valence-corrected chi connectivity index (χ1v) is 11.1. The summed E-state index contributed by atoms with van der Waals surface area (Å²) in [7, 11) is 0. The molecule has 3 nitrogen and oxygen atoms in total. The first-order valence-electron chi connectivity index (χ1n) is 7.80. The Balaban J connectivity index is 1.61. The highest BCUT2D eigenvalue weighted by Crippen LogP contribution is 2.49. The fourth-order valence-corrected chi connectivity index (χ4v) is 5.80. The zero-order chi connectivity index (χ0) is 17.0. The van der Waals surface area contributed by atoms with E-state index in [1.807, 2.05) is 6.07 Å². The summed E-state index contributed by atoms with van der Waals surface area (Å²) in [6, 6.07) is 14.8. The van der Waals surface area contributed by atoms with Crippen LogP contribution in [-0.4, -0.2) is 10.7 Å². The highest BCUT2D eigenvalue weighted by Gasteiger charge is 2.41. The Labute approximate surface area is 170 Å². The maximum Gasteiger partial charge on any atom is 0.222 e. The highest BCUT2D eigenvalue weighted by molar-refractivity contribution is 9.11. The van der Waals surface area contributed by atoms with E-state index in [1.54, 1.807) is 22.7 Å². The summed E-state index contributed by atoms with van der Waals surface area (Å²) in [5.74, 6) is 0.951. The van der Waals surface area contributed by atoms with E-state index in [4.69, 9.17) is 9.84 Å². The number of hydrogen-bond acceptors (Lipinski definition) is 5. The third-order valence-electron chi connectivity index (χ3n) is 4.40. The molecule has 7 heteroatoms. The zero-order valence-electron chi connectivity index (χ0n) is 12.9. The second-order valence-electron chi connectivity index (χ2n) is 5.92. The number of hydrogen-bond donors (Lipinski definition) is 0. The molecule has 4 heterocycles. The Bertz CT molecular complexity index is 967. The minimum atomic E-state index is -0.167. The Kier molecular flexibility index (Phi) is 4.00. The van der Waals surface area contributed by atoms with Crippen molar-refractivity contribution in [2.75, 3.05) is 0 Å². The number of nitrogens with zero attached hydrogens (tertiary/aromatic N) is 2. The first-order chi connectivity index (χ1) is 12.2. The summed E-state index contributed by atoms with van der Waals surface area (Å²) in [6.07, 6.45) is 0.723. The van der Waals surface area contributed by atoms with Crippen LogP contribution in [-0.2, 0) is 0 Å². The number of rotatable bonds is 2. The van der Waals surface area contributed by atoms with Crippen LogP contribution < -0.4 is 4.74 Å². The molecule has 0 saturated carbocycles. The third kappa shape index (κ3) is 2.77. The SMILES string of the molecule is Brc1ccc2c(c1)[C@H]1CC(c3ccc(Br)s3)=NN1[C@H](c1cccs1)O2. The molecule has 0 saturated heterocycles. The van der Waals surface area contributed by atoms with Crippen LogP contribution in [0.25, 0.3) is 0 Å². The molecule has 2 aromatic heterocycles. The van der Waals surface area contributed by atoms with Crippen LogP contribution in [0.4, 0.5) is 0 Å². The molecule has 5 rings (SSSR count).